The Hall–Kier alpha value is -2.18. The maximum Gasteiger partial charge on any atom is 0.317 e. The number of carbonyl (C=O) groups is 2. The average molecular weight is 314 g/mol. The minimum absolute atomic E-state index is 0.0855. The molecule has 1 rings (SSSR count). The van der Waals surface area contributed by atoms with Gasteiger partial charge in [-0.3, -0.25) is 4.79 Å². The van der Waals surface area contributed by atoms with E-state index in [4.69, 9.17) is 5.11 Å². The number of aliphatic carboxylic acids is 1. The number of carboxylic acids is 1. The molecule has 0 aliphatic carbocycles. The fraction of sp³-hybridized carbons (Fsp3) is 0.467. The van der Waals surface area contributed by atoms with Crippen molar-refractivity contribution >= 4 is 12.0 Å². The summed E-state index contributed by atoms with van der Waals surface area (Å²) in [4.78, 5) is 23.8. The molecule has 7 heteroatoms. The summed E-state index contributed by atoms with van der Waals surface area (Å²) in [7, 11) is 1.50. The first-order valence-electron chi connectivity index (χ1n) is 6.80. The van der Waals surface area contributed by atoms with Gasteiger partial charge in [-0.1, -0.05) is 31.2 Å². The van der Waals surface area contributed by atoms with Crippen LogP contribution in [-0.4, -0.2) is 35.6 Å². The van der Waals surface area contributed by atoms with E-state index in [0.717, 1.165) is 6.92 Å². The summed E-state index contributed by atoms with van der Waals surface area (Å²) >= 11 is 0. The van der Waals surface area contributed by atoms with Gasteiger partial charge in [0.15, 0.2) is 0 Å². The summed E-state index contributed by atoms with van der Waals surface area (Å²) in [5, 5.41) is 11.4. The number of carbonyl (C=O) groups excluding carboxylic acids is 1. The highest BCUT2D eigenvalue weighted by Gasteiger charge is 2.23. The maximum absolute atomic E-state index is 13.1. The summed E-state index contributed by atoms with van der Waals surface area (Å²) in [6, 6.07) is 5.26. The first-order chi connectivity index (χ1) is 10.1. The summed E-state index contributed by atoms with van der Waals surface area (Å²) in [5.41, 5.74) is 0.594. The number of hydrogen-bond acceptors (Lipinski definition) is 2. The molecule has 0 aromatic heterocycles. The van der Waals surface area contributed by atoms with E-state index >= 15 is 0 Å². The van der Waals surface area contributed by atoms with Crippen molar-refractivity contribution in [3.05, 3.63) is 35.4 Å². The molecule has 122 valence electrons. The molecule has 0 saturated carbocycles. The smallest absolute Gasteiger partial charge is 0.317 e. The minimum Gasteiger partial charge on any atom is -0.481 e. The third-order valence-electron chi connectivity index (χ3n) is 3.22. The van der Waals surface area contributed by atoms with Gasteiger partial charge in [0.25, 0.3) is 5.92 Å². The monoisotopic (exact) mass is 314 g/mol. The molecule has 2 N–H and O–H groups in total. The predicted octanol–water partition coefficient (Wildman–Crippen LogP) is 2.66. The van der Waals surface area contributed by atoms with Crippen molar-refractivity contribution in [2.75, 3.05) is 13.6 Å². The molecule has 0 aliphatic rings. The number of nitrogens with one attached hydrogen (secondary N) is 1. The van der Waals surface area contributed by atoms with Crippen LogP contribution in [0.1, 0.15) is 25.0 Å². The van der Waals surface area contributed by atoms with Crippen LogP contribution < -0.4 is 5.32 Å². The Labute approximate surface area is 127 Å². The van der Waals surface area contributed by atoms with E-state index in [2.05, 4.69) is 5.32 Å². The van der Waals surface area contributed by atoms with Gasteiger partial charge in [-0.15, -0.1) is 0 Å². The molecule has 0 aliphatic heterocycles. The first kappa shape index (κ1) is 17.9. The number of rotatable bonds is 6. The molecule has 0 saturated heterocycles. The molecule has 0 radical (unpaired) electrons. The lowest BCUT2D eigenvalue weighted by molar-refractivity contribution is -0.141. The Bertz CT molecular complexity index is 527. The largest absolute Gasteiger partial charge is 0.481 e. The van der Waals surface area contributed by atoms with Crippen LogP contribution in [0.5, 0.6) is 0 Å². The predicted molar refractivity (Wildman–Crippen MR) is 77.7 cm³/mol. The highest BCUT2D eigenvalue weighted by atomic mass is 19.3. The second kappa shape index (κ2) is 7.20. The Morgan fingerprint density at radius 3 is 2.32 bits per heavy atom. The highest BCUT2D eigenvalue weighted by Crippen LogP contribution is 2.26. The number of benzene rings is 1. The molecule has 1 aromatic carbocycles. The summed E-state index contributed by atoms with van der Waals surface area (Å²) < 4.78 is 26.1. The van der Waals surface area contributed by atoms with E-state index in [0.29, 0.717) is 5.56 Å². The topological polar surface area (TPSA) is 69.6 Å². The maximum atomic E-state index is 13.1. The van der Waals surface area contributed by atoms with Crippen LogP contribution in [0.3, 0.4) is 0 Å². The first-order valence-corrected chi connectivity index (χ1v) is 6.80. The second-order valence-corrected chi connectivity index (χ2v) is 5.36. The van der Waals surface area contributed by atoms with Crippen LogP contribution in [0.2, 0.25) is 0 Å². The zero-order chi connectivity index (χ0) is 16.9. The van der Waals surface area contributed by atoms with Crippen molar-refractivity contribution < 1.29 is 23.5 Å². The fourth-order valence-corrected chi connectivity index (χ4v) is 1.80. The number of amides is 2. The molecule has 1 aromatic rings. The van der Waals surface area contributed by atoms with Crippen molar-refractivity contribution in [1.29, 1.82) is 0 Å². The van der Waals surface area contributed by atoms with Gasteiger partial charge in [-0.25, -0.2) is 13.6 Å². The van der Waals surface area contributed by atoms with Crippen LogP contribution in [-0.2, 0) is 17.3 Å². The molecule has 5 nitrogen and oxygen atoms in total. The van der Waals surface area contributed by atoms with Crippen molar-refractivity contribution in [2.45, 2.75) is 26.3 Å². The molecule has 0 heterocycles. The zero-order valence-corrected chi connectivity index (χ0v) is 12.8. The third kappa shape index (κ3) is 5.31. The Kier molecular flexibility index (Phi) is 5.84. The Balaban J connectivity index is 2.52. The van der Waals surface area contributed by atoms with Gasteiger partial charge < -0.3 is 15.3 Å². The zero-order valence-electron chi connectivity index (χ0n) is 12.8. The van der Waals surface area contributed by atoms with Gasteiger partial charge in [-0.2, -0.15) is 0 Å². The Morgan fingerprint density at radius 1 is 1.32 bits per heavy atom. The number of urea groups is 1. The SMILES string of the molecule is CC(CN(C)C(=O)NCc1ccc(C(C)(F)F)cc1)C(=O)O. The summed E-state index contributed by atoms with van der Waals surface area (Å²) in [5.74, 6) is -4.54. The number of nitrogens with zero attached hydrogens (tertiary/aromatic N) is 1. The second-order valence-electron chi connectivity index (χ2n) is 5.36. The van der Waals surface area contributed by atoms with Crippen LogP contribution in [0.4, 0.5) is 13.6 Å². The van der Waals surface area contributed by atoms with E-state index in [1.165, 1.54) is 43.1 Å². The quantitative estimate of drug-likeness (QED) is 0.848. The standard InChI is InChI=1S/C15H20F2N2O3/c1-10(13(20)21)9-19(3)14(22)18-8-11-4-6-12(7-5-11)15(2,16)17/h4-7,10H,8-9H2,1-3H3,(H,18,22)(H,20,21). The van der Waals surface area contributed by atoms with Gasteiger partial charge in [0.2, 0.25) is 0 Å². The molecular formula is C15H20F2N2O3. The summed E-state index contributed by atoms with van der Waals surface area (Å²) in [6.45, 7) is 2.60. The fourth-order valence-electron chi connectivity index (χ4n) is 1.80. The molecule has 1 unspecified atom stereocenters. The van der Waals surface area contributed by atoms with Crippen molar-refractivity contribution in [2.24, 2.45) is 5.92 Å². The minimum atomic E-state index is -2.89. The van der Waals surface area contributed by atoms with Crippen LogP contribution in [0.15, 0.2) is 24.3 Å². The van der Waals surface area contributed by atoms with Crippen molar-refractivity contribution in [1.82, 2.24) is 10.2 Å². The van der Waals surface area contributed by atoms with Crippen LogP contribution in [0.25, 0.3) is 0 Å². The van der Waals surface area contributed by atoms with Gasteiger partial charge in [0, 0.05) is 32.6 Å². The lowest BCUT2D eigenvalue weighted by atomic mass is 10.1. The number of carboxylic acid groups (broad SMARTS) is 1. The molecule has 1 atom stereocenters. The van der Waals surface area contributed by atoms with Crippen molar-refractivity contribution in [3.63, 3.8) is 0 Å². The lowest BCUT2D eigenvalue weighted by Gasteiger charge is -2.20. The highest BCUT2D eigenvalue weighted by molar-refractivity contribution is 5.75. The van der Waals surface area contributed by atoms with E-state index in [1.807, 2.05) is 0 Å². The van der Waals surface area contributed by atoms with E-state index < -0.39 is 23.8 Å². The molecule has 0 spiro atoms. The van der Waals surface area contributed by atoms with Gasteiger partial charge in [0.05, 0.1) is 5.92 Å². The van der Waals surface area contributed by atoms with E-state index in [-0.39, 0.29) is 18.7 Å². The average Bonchev–Trinajstić information content (AvgIpc) is 2.43. The number of alkyl halides is 2. The molecule has 0 fully saturated rings. The lowest BCUT2D eigenvalue weighted by Crippen LogP contribution is -2.40. The van der Waals surface area contributed by atoms with Crippen LogP contribution in [0, 0.1) is 5.92 Å². The number of hydrogen-bond donors (Lipinski definition) is 2. The van der Waals surface area contributed by atoms with Gasteiger partial charge >= 0.3 is 12.0 Å². The van der Waals surface area contributed by atoms with Crippen LogP contribution >= 0.6 is 0 Å². The summed E-state index contributed by atoms with van der Waals surface area (Å²) in [6.07, 6.45) is 0. The van der Waals surface area contributed by atoms with Gasteiger partial charge in [0.1, 0.15) is 0 Å². The van der Waals surface area contributed by atoms with E-state index in [1.54, 1.807) is 0 Å². The molecule has 2 amide bonds. The normalized spacial score (nSPS) is 12.6. The third-order valence-corrected chi connectivity index (χ3v) is 3.22. The molecule has 0 bridgehead atoms. The molecule has 22 heavy (non-hydrogen) atoms. The number of halogens is 2. The van der Waals surface area contributed by atoms with E-state index in [9.17, 15) is 18.4 Å². The van der Waals surface area contributed by atoms with Gasteiger partial charge in [-0.05, 0) is 5.56 Å². The Morgan fingerprint density at radius 2 is 1.86 bits per heavy atom. The van der Waals surface area contributed by atoms with Crippen molar-refractivity contribution in [3.8, 4) is 0 Å². The molecular weight excluding hydrogens is 294 g/mol.